The van der Waals surface area contributed by atoms with Gasteiger partial charge in [0, 0.05) is 26.6 Å². The molecule has 1 aliphatic heterocycles. The van der Waals surface area contributed by atoms with Crippen LogP contribution in [0.1, 0.15) is 38.1 Å². The van der Waals surface area contributed by atoms with Gasteiger partial charge in [0.2, 0.25) is 5.91 Å². The van der Waals surface area contributed by atoms with Gasteiger partial charge in [-0.2, -0.15) is 5.10 Å². The Hall–Kier alpha value is -1.67. The maximum Gasteiger partial charge on any atom is 0.343 e. The molecule has 0 aromatic carbocycles. The van der Waals surface area contributed by atoms with E-state index in [1.165, 1.54) is 12.8 Å². The first-order valence-electron chi connectivity index (χ1n) is 8.19. The van der Waals surface area contributed by atoms with Gasteiger partial charge in [-0.05, 0) is 25.7 Å². The predicted molar refractivity (Wildman–Crippen MR) is 81.9 cm³/mol. The number of hydrogen-bond acceptors (Lipinski definition) is 5. The number of methoxy groups -OCH3 is 1. The van der Waals surface area contributed by atoms with Crippen LogP contribution in [0.25, 0.3) is 0 Å². The summed E-state index contributed by atoms with van der Waals surface area (Å²) < 4.78 is 12.5. The number of rotatable bonds is 7. The Labute approximate surface area is 134 Å². The minimum Gasteiger partial charge on any atom is -0.380 e. The summed E-state index contributed by atoms with van der Waals surface area (Å²) in [5.41, 5.74) is -0.249. The molecule has 0 radical (unpaired) electrons. The number of amides is 1. The van der Waals surface area contributed by atoms with Crippen molar-refractivity contribution in [3.63, 3.8) is 0 Å². The molecule has 3 rings (SSSR count). The number of carbonyl (C=O) groups excluding carboxylic acids is 1. The molecular formula is C15H24N4O4. The molecule has 1 aliphatic carbocycles. The summed E-state index contributed by atoms with van der Waals surface area (Å²) in [4.78, 5) is 26.0. The number of H-pyrrole nitrogens is 1. The number of aromatic amines is 1. The standard InChI is InChI=1S/C15H24N4O4/c1-3-18-14(16-17-15(18)21)12-6-11(22-2)7-19(12)13(20)9-23-8-10-4-5-10/h10-12H,3-9H2,1-2H3,(H,17,21)/t11-,12-/m0/s1. The molecule has 8 nitrogen and oxygen atoms in total. The Morgan fingerprint density at radius 3 is 2.87 bits per heavy atom. The van der Waals surface area contributed by atoms with Crippen molar-refractivity contribution < 1.29 is 14.3 Å². The first kappa shape index (κ1) is 16.2. The molecule has 128 valence electrons. The maximum atomic E-state index is 12.5. The van der Waals surface area contributed by atoms with Crippen LogP contribution >= 0.6 is 0 Å². The Balaban J connectivity index is 1.72. The molecule has 23 heavy (non-hydrogen) atoms. The number of nitrogens with zero attached hydrogens (tertiary/aromatic N) is 3. The fourth-order valence-electron chi connectivity index (χ4n) is 3.06. The van der Waals surface area contributed by atoms with Crippen LogP contribution in [0.15, 0.2) is 4.79 Å². The Kier molecular flexibility index (Phi) is 4.82. The van der Waals surface area contributed by atoms with Crippen molar-refractivity contribution in [1.82, 2.24) is 19.7 Å². The van der Waals surface area contributed by atoms with Crippen LogP contribution < -0.4 is 5.69 Å². The lowest BCUT2D eigenvalue weighted by Gasteiger charge is -2.23. The number of carbonyl (C=O) groups is 1. The summed E-state index contributed by atoms with van der Waals surface area (Å²) in [6, 6.07) is -0.254. The largest absolute Gasteiger partial charge is 0.380 e. The number of hydrogen-bond donors (Lipinski definition) is 1. The molecule has 1 N–H and O–H groups in total. The quantitative estimate of drug-likeness (QED) is 0.779. The number of likely N-dealkylation sites (tertiary alicyclic amines) is 1. The van der Waals surface area contributed by atoms with E-state index in [1.54, 1.807) is 16.6 Å². The van der Waals surface area contributed by atoms with Crippen molar-refractivity contribution in [3.8, 4) is 0 Å². The molecule has 1 aromatic heterocycles. The molecule has 1 amide bonds. The minimum absolute atomic E-state index is 0.0514. The summed E-state index contributed by atoms with van der Waals surface area (Å²) in [5.74, 6) is 1.14. The molecule has 2 heterocycles. The minimum atomic E-state index is -0.254. The van der Waals surface area contributed by atoms with E-state index in [-0.39, 0.29) is 30.3 Å². The van der Waals surface area contributed by atoms with Crippen molar-refractivity contribution in [3.05, 3.63) is 16.3 Å². The van der Waals surface area contributed by atoms with Gasteiger partial charge >= 0.3 is 5.69 Å². The highest BCUT2D eigenvalue weighted by molar-refractivity contribution is 5.78. The number of aromatic nitrogens is 3. The lowest BCUT2D eigenvalue weighted by Crippen LogP contribution is -2.36. The second kappa shape index (κ2) is 6.84. The van der Waals surface area contributed by atoms with Gasteiger partial charge in [-0.15, -0.1) is 0 Å². The SMILES string of the molecule is CCn1c([C@@H]2C[C@H](OC)CN2C(=O)COCC2CC2)n[nH]c1=O. The van der Waals surface area contributed by atoms with E-state index in [0.29, 0.717) is 37.9 Å². The monoisotopic (exact) mass is 324 g/mol. The third kappa shape index (κ3) is 3.48. The van der Waals surface area contributed by atoms with Gasteiger partial charge in [0.15, 0.2) is 5.82 Å². The molecular weight excluding hydrogens is 300 g/mol. The second-order valence-corrected chi connectivity index (χ2v) is 6.25. The zero-order chi connectivity index (χ0) is 16.4. The summed E-state index contributed by atoms with van der Waals surface area (Å²) in [6.45, 7) is 3.62. The van der Waals surface area contributed by atoms with Crippen LogP contribution in [0, 0.1) is 5.92 Å². The van der Waals surface area contributed by atoms with Crippen LogP contribution in [-0.4, -0.2) is 58.5 Å². The van der Waals surface area contributed by atoms with Gasteiger partial charge in [0.1, 0.15) is 6.61 Å². The molecule has 0 spiro atoms. The van der Waals surface area contributed by atoms with E-state index >= 15 is 0 Å². The Bertz CT molecular complexity index is 607. The number of nitrogens with one attached hydrogen (secondary N) is 1. The molecule has 2 atom stereocenters. The van der Waals surface area contributed by atoms with Crippen LogP contribution in [-0.2, 0) is 20.8 Å². The average molecular weight is 324 g/mol. The Morgan fingerprint density at radius 2 is 2.22 bits per heavy atom. The van der Waals surface area contributed by atoms with Gasteiger partial charge in [-0.3, -0.25) is 9.36 Å². The van der Waals surface area contributed by atoms with Crippen LogP contribution in [0.4, 0.5) is 0 Å². The molecule has 0 unspecified atom stereocenters. The third-order valence-electron chi connectivity index (χ3n) is 4.59. The van der Waals surface area contributed by atoms with Gasteiger partial charge in [0.05, 0.1) is 18.8 Å². The predicted octanol–water partition coefficient (Wildman–Crippen LogP) is 0.306. The highest BCUT2D eigenvalue weighted by Crippen LogP contribution is 2.32. The topological polar surface area (TPSA) is 89.4 Å². The van der Waals surface area contributed by atoms with E-state index < -0.39 is 0 Å². The molecule has 8 heteroatoms. The molecule has 1 saturated carbocycles. The fourth-order valence-corrected chi connectivity index (χ4v) is 3.06. The maximum absolute atomic E-state index is 12.5. The molecule has 2 aliphatic rings. The van der Waals surface area contributed by atoms with E-state index in [2.05, 4.69) is 10.2 Å². The van der Waals surface area contributed by atoms with Crippen LogP contribution in [0.5, 0.6) is 0 Å². The summed E-state index contributed by atoms with van der Waals surface area (Å²) in [6.07, 6.45) is 2.98. The summed E-state index contributed by atoms with van der Waals surface area (Å²) in [5, 5.41) is 6.59. The van der Waals surface area contributed by atoms with Crippen molar-refractivity contribution in [2.24, 2.45) is 5.92 Å². The fraction of sp³-hybridized carbons (Fsp3) is 0.800. The second-order valence-electron chi connectivity index (χ2n) is 6.25. The summed E-state index contributed by atoms with van der Waals surface area (Å²) >= 11 is 0. The van der Waals surface area contributed by atoms with Gasteiger partial charge in [0.25, 0.3) is 0 Å². The molecule has 0 bridgehead atoms. The van der Waals surface area contributed by atoms with Crippen molar-refractivity contribution in [2.75, 3.05) is 26.9 Å². The van der Waals surface area contributed by atoms with Crippen molar-refractivity contribution in [1.29, 1.82) is 0 Å². The zero-order valence-corrected chi connectivity index (χ0v) is 13.7. The Morgan fingerprint density at radius 1 is 1.43 bits per heavy atom. The van der Waals surface area contributed by atoms with Crippen LogP contribution in [0.3, 0.4) is 0 Å². The molecule has 1 saturated heterocycles. The first-order chi connectivity index (χ1) is 11.1. The first-order valence-corrected chi connectivity index (χ1v) is 8.19. The smallest absolute Gasteiger partial charge is 0.343 e. The highest BCUT2D eigenvalue weighted by Gasteiger charge is 2.39. The van der Waals surface area contributed by atoms with Crippen molar-refractivity contribution in [2.45, 2.75) is 44.9 Å². The van der Waals surface area contributed by atoms with E-state index in [1.807, 2.05) is 6.92 Å². The lowest BCUT2D eigenvalue weighted by molar-refractivity contribution is -0.137. The highest BCUT2D eigenvalue weighted by atomic mass is 16.5. The van der Waals surface area contributed by atoms with E-state index in [9.17, 15) is 9.59 Å². The molecule has 1 aromatic rings. The van der Waals surface area contributed by atoms with Gasteiger partial charge in [-0.1, -0.05) is 0 Å². The normalized spacial score (nSPS) is 24.3. The number of ether oxygens (including phenoxy) is 2. The van der Waals surface area contributed by atoms with Gasteiger partial charge in [-0.25, -0.2) is 9.89 Å². The average Bonchev–Trinajstić information content (AvgIpc) is 3.14. The molecule has 2 fully saturated rings. The van der Waals surface area contributed by atoms with E-state index in [4.69, 9.17) is 9.47 Å². The van der Waals surface area contributed by atoms with Gasteiger partial charge < -0.3 is 14.4 Å². The van der Waals surface area contributed by atoms with Crippen molar-refractivity contribution >= 4 is 5.91 Å². The zero-order valence-electron chi connectivity index (χ0n) is 13.7. The summed E-state index contributed by atoms with van der Waals surface area (Å²) in [7, 11) is 1.64. The van der Waals surface area contributed by atoms with E-state index in [0.717, 1.165) is 0 Å². The third-order valence-corrected chi connectivity index (χ3v) is 4.59. The lowest BCUT2D eigenvalue weighted by atomic mass is 10.2. The van der Waals surface area contributed by atoms with Crippen LogP contribution in [0.2, 0.25) is 0 Å².